The largest absolute Gasteiger partial charge is 0.498 e. The summed E-state index contributed by atoms with van der Waals surface area (Å²) in [5, 5.41) is 10.7. The van der Waals surface area contributed by atoms with E-state index in [2.05, 4.69) is 0 Å². The number of hydrogen-bond donors (Lipinski definition) is 0. The van der Waals surface area contributed by atoms with Crippen LogP contribution in [0.3, 0.4) is 0 Å². The van der Waals surface area contributed by atoms with Gasteiger partial charge in [0, 0.05) is 17.6 Å². The minimum atomic E-state index is -1.23. The summed E-state index contributed by atoms with van der Waals surface area (Å²) in [6.45, 7) is 7.07. The summed E-state index contributed by atoms with van der Waals surface area (Å²) in [5.41, 5.74) is -2.42. The quantitative estimate of drug-likeness (QED) is 0.474. The van der Waals surface area contributed by atoms with E-state index in [0.717, 1.165) is 6.07 Å². The molecule has 1 aromatic carbocycles. The second-order valence-electron chi connectivity index (χ2n) is 5.67. The molecule has 5 nitrogen and oxygen atoms in total. The highest BCUT2D eigenvalue weighted by atomic mass is 19.1. The topological polar surface area (TPSA) is 61.6 Å². The fraction of sp³-hybridized carbons (Fsp3) is 0.500. The number of halogens is 2. The molecule has 0 N–H and O–H groups in total. The van der Waals surface area contributed by atoms with Crippen LogP contribution in [-0.4, -0.2) is 23.2 Å². The van der Waals surface area contributed by atoms with Gasteiger partial charge in [-0.3, -0.25) is 10.1 Å². The normalized spacial score (nSPS) is 20.2. The van der Waals surface area contributed by atoms with Gasteiger partial charge in [-0.2, -0.15) is 4.39 Å². The molecule has 1 fully saturated rings. The third-order valence-electron chi connectivity index (χ3n) is 3.77. The van der Waals surface area contributed by atoms with Crippen LogP contribution in [-0.2, 0) is 9.31 Å². The Morgan fingerprint density at radius 1 is 1.10 bits per heavy atom. The molecule has 8 heteroatoms. The van der Waals surface area contributed by atoms with Crippen molar-refractivity contribution in [2.45, 2.75) is 38.9 Å². The first-order valence-electron chi connectivity index (χ1n) is 6.04. The highest BCUT2D eigenvalue weighted by molar-refractivity contribution is 6.62. The van der Waals surface area contributed by atoms with Gasteiger partial charge < -0.3 is 9.31 Å². The van der Waals surface area contributed by atoms with E-state index in [1.807, 2.05) is 0 Å². The fourth-order valence-electron chi connectivity index (χ4n) is 1.84. The zero-order chi connectivity index (χ0) is 15.3. The summed E-state index contributed by atoms with van der Waals surface area (Å²) in [6.07, 6.45) is 0. The Hall–Kier alpha value is -1.54. The molecule has 1 aliphatic heterocycles. The number of nitrogens with zero attached hydrogens (tertiary/aromatic N) is 1. The van der Waals surface area contributed by atoms with Crippen LogP contribution >= 0.6 is 0 Å². The average Bonchev–Trinajstić information content (AvgIpc) is 2.47. The van der Waals surface area contributed by atoms with Gasteiger partial charge in [0.25, 0.3) is 0 Å². The van der Waals surface area contributed by atoms with Gasteiger partial charge in [0.05, 0.1) is 16.1 Å². The molecule has 1 saturated heterocycles. The van der Waals surface area contributed by atoms with Gasteiger partial charge in [0.2, 0.25) is 5.82 Å². The van der Waals surface area contributed by atoms with Crippen molar-refractivity contribution in [1.82, 2.24) is 0 Å². The van der Waals surface area contributed by atoms with Crippen LogP contribution in [0.2, 0.25) is 0 Å². The summed E-state index contributed by atoms with van der Waals surface area (Å²) in [6, 6.07) is 1.28. The zero-order valence-corrected chi connectivity index (χ0v) is 11.6. The molecule has 0 radical (unpaired) electrons. The maximum atomic E-state index is 13.8. The van der Waals surface area contributed by atoms with Crippen molar-refractivity contribution >= 4 is 18.3 Å². The SMILES string of the molecule is CC1(C)OB(c2cc([N+](=O)[O-])c(F)cc2F)OC1(C)C. The van der Waals surface area contributed by atoms with Crippen LogP contribution in [0.1, 0.15) is 27.7 Å². The number of nitro groups is 1. The molecular formula is C12H14BF2NO4. The summed E-state index contributed by atoms with van der Waals surface area (Å²) >= 11 is 0. The van der Waals surface area contributed by atoms with Gasteiger partial charge in [-0.25, -0.2) is 4.39 Å². The molecule has 0 saturated carbocycles. The van der Waals surface area contributed by atoms with E-state index in [-0.39, 0.29) is 5.46 Å². The van der Waals surface area contributed by atoms with Crippen molar-refractivity contribution in [1.29, 1.82) is 0 Å². The van der Waals surface area contributed by atoms with Gasteiger partial charge in [-0.15, -0.1) is 0 Å². The molecule has 1 heterocycles. The van der Waals surface area contributed by atoms with Gasteiger partial charge in [0.1, 0.15) is 5.82 Å². The van der Waals surface area contributed by atoms with Crippen molar-refractivity contribution < 1.29 is 23.0 Å². The smallest absolute Gasteiger partial charge is 0.399 e. The maximum absolute atomic E-state index is 13.8. The Kier molecular flexibility index (Phi) is 3.34. The Bertz CT molecular complexity index is 561. The van der Waals surface area contributed by atoms with Gasteiger partial charge >= 0.3 is 12.8 Å². The van der Waals surface area contributed by atoms with Crippen LogP contribution in [0, 0.1) is 21.7 Å². The molecule has 0 amide bonds. The number of nitro benzene ring substituents is 1. The predicted molar refractivity (Wildman–Crippen MR) is 68.7 cm³/mol. The molecule has 0 aliphatic carbocycles. The fourth-order valence-corrected chi connectivity index (χ4v) is 1.84. The first kappa shape index (κ1) is 14.9. The van der Waals surface area contributed by atoms with E-state index in [1.165, 1.54) is 0 Å². The van der Waals surface area contributed by atoms with Crippen molar-refractivity contribution in [3.05, 3.63) is 33.9 Å². The van der Waals surface area contributed by atoms with E-state index in [4.69, 9.17) is 9.31 Å². The third kappa shape index (κ3) is 2.29. The molecule has 0 atom stereocenters. The lowest BCUT2D eigenvalue weighted by Crippen LogP contribution is -2.41. The molecule has 0 spiro atoms. The molecule has 1 aliphatic rings. The lowest BCUT2D eigenvalue weighted by molar-refractivity contribution is -0.387. The maximum Gasteiger partial charge on any atom is 0.498 e. The average molecular weight is 285 g/mol. The van der Waals surface area contributed by atoms with E-state index in [0.29, 0.717) is 6.07 Å². The predicted octanol–water partition coefficient (Wildman–Crippen LogP) is 2.17. The van der Waals surface area contributed by atoms with Gasteiger partial charge in [-0.1, -0.05) is 0 Å². The van der Waals surface area contributed by atoms with E-state index < -0.39 is 40.6 Å². The number of rotatable bonds is 2. The van der Waals surface area contributed by atoms with E-state index in [1.54, 1.807) is 27.7 Å². The molecule has 2 rings (SSSR count). The first-order valence-corrected chi connectivity index (χ1v) is 6.04. The zero-order valence-electron chi connectivity index (χ0n) is 11.6. The highest BCUT2D eigenvalue weighted by Gasteiger charge is 2.52. The summed E-state index contributed by atoms with van der Waals surface area (Å²) in [7, 11) is -1.11. The lowest BCUT2D eigenvalue weighted by atomic mass is 9.78. The molecule has 0 aromatic heterocycles. The molecule has 108 valence electrons. The van der Waals surface area contributed by atoms with Crippen LogP contribution < -0.4 is 5.46 Å². The summed E-state index contributed by atoms with van der Waals surface area (Å²) in [5.74, 6) is -2.17. The third-order valence-corrected chi connectivity index (χ3v) is 3.77. The minimum absolute atomic E-state index is 0.184. The standard InChI is InChI=1S/C12H14BF2NO4/c1-11(2)12(3,4)20-13(19-11)7-5-10(16(17)18)9(15)6-8(7)14/h5-6H,1-4H3. The molecule has 20 heavy (non-hydrogen) atoms. The lowest BCUT2D eigenvalue weighted by Gasteiger charge is -2.32. The Labute approximate surface area is 115 Å². The number of benzene rings is 1. The second kappa shape index (κ2) is 4.49. The Balaban J connectivity index is 2.45. The second-order valence-corrected chi connectivity index (χ2v) is 5.67. The van der Waals surface area contributed by atoms with E-state index in [9.17, 15) is 18.9 Å². The molecular weight excluding hydrogens is 271 g/mol. The van der Waals surface area contributed by atoms with Crippen molar-refractivity contribution in [3.63, 3.8) is 0 Å². The van der Waals surface area contributed by atoms with Crippen molar-refractivity contribution in [2.75, 3.05) is 0 Å². The van der Waals surface area contributed by atoms with Gasteiger partial charge in [-0.05, 0) is 27.7 Å². The molecule has 1 aromatic rings. The van der Waals surface area contributed by atoms with Gasteiger partial charge in [0.15, 0.2) is 0 Å². The van der Waals surface area contributed by atoms with Crippen LogP contribution in [0.4, 0.5) is 14.5 Å². The minimum Gasteiger partial charge on any atom is -0.399 e. The number of hydrogen-bond acceptors (Lipinski definition) is 4. The van der Waals surface area contributed by atoms with Crippen LogP contribution in [0.25, 0.3) is 0 Å². The highest BCUT2D eigenvalue weighted by Crippen LogP contribution is 2.37. The summed E-state index contributed by atoms with van der Waals surface area (Å²) in [4.78, 5) is 9.80. The summed E-state index contributed by atoms with van der Waals surface area (Å²) < 4.78 is 38.3. The van der Waals surface area contributed by atoms with Crippen LogP contribution in [0.5, 0.6) is 0 Å². The van der Waals surface area contributed by atoms with E-state index >= 15 is 0 Å². The molecule has 0 unspecified atom stereocenters. The van der Waals surface area contributed by atoms with Crippen molar-refractivity contribution in [2.24, 2.45) is 0 Å². The van der Waals surface area contributed by atoms with Crippen LogP contribution in [0.15, 0.2) is 12.1 Å². The Morgan fingerprint density at radius 3 is 2.05 bits per heavy atom. The first-order chi connectivity index (χ1) is 9.05. The monoisotopic (exact) mass is 285 g/mol. The Morgan fingerprint density at radius 2 is 1.60 bits per heavy atom. The van der Waals surface area contributed by atoms with Crippen molar-refractivity contribution in [3.8, 4) is 0 Å². The molecule has 0 bridgehead atoms.